The maximum absolute atomic E-state index is 12.1. The van der Waals surface area contributed by atoms with Gasteiger partial charge in [-0.1, -0.05) is 0 Å². The van der Waals surface area contributed by atoms with Crippen LogP contribution in [0.2, 0.25) is 0 Å². The van der Waals surface area contributed by atoms with Gasteiger partial charge < -0.3 is 5.21 Å². The molecule has 13 heavy (non-hydrogen) atoms. The van der Waals surface area contributed by atoms with Gasteiger partial charge in [0.05, 0.1) is 0 Å². The predicted octanol–water partition coefficient (Wildman–Crippen LogP) is 0.927. The Morgan fingerprint density at radius 2 is 2.08 bits per heavy atom. The third-order valence-corrected chi connectivity index (χ3v) is 1.35. The summed E-state index contributed by atoms with van der Waals surface area (Å²) in [4.78, 5) is 3.33. The van der Waals surface area contributed by atoms with Gasteiger partial charge in [-0.2, -0.15) is 13.2 Å². The maximum Gasteiger partial charge on any atom is 0.434 e. The summed E-state index contributed by atoms with van der Waals surface area (Å²) in [7, 11) is 0. The quantitative estimate of drug-likeness (QED) is 0.602. The minimum Gasteiger partial charge on any atom is -0.425 e. The Labute approximate surface area is 70.7 Å². The van der Waals surface area contributed by atoms with Crippen LogP contribution >= 0.6 is 0 Å². The molecule has 1 aromatic rings. The average molecular weight is 193 g/mol. The SMILES string of the molecule is Cc1cc(C(F)(F)F)n(O)c(=N)n1. The normalized spacial score (nSPS) is 11.7. The Balaban J connectivity index is 3.46. The van der Waals surface area contributed by atoms with E-state index in [2.05, 4.69) is 4.98 Å². The average Bonchev–Trinajstić information content (AvgIpc) is 1.94. The molecule has 0 saturated carbocycles. The molecule has 0 fully saturated rings. The molecule has 2 N–H and O–H groups in total. The summed E-state index contributed by atoms with van der Waals surface area (Å²) in [6.07, 6.45) is -4.68. The van der Waals surface area contributed by atoms with E-state index in [1.165, 1.54) is 6.92 Å². The zero-order valence-corrected chi connectivity index (χ0v) is 6.55. The van der Waals surface area contributed by atoms with Crippen LogP contribution in [0, 0.1) is 12.3 Å². The fraction of sp³-hybridized carbons (Fsp3) is 0.333. The van der Waals surface area contributed by atoms with Crippen molar-refractivity contribution < 1.29 is 18.4 Å². The number of nitrogens with zero attached hydrogens (tertiary/aromatic N) is 2. The zero-order chi connectivity index (χ0) is 10.2. The largest absolute Gasteiger partial charge is 0.434 e. The van der Waals surface area contributed by atoms with Crippen LogP contribution in [0.5, 0.6) is 0 Å². The van der Waals surface area contributed by atoms with Crippen LogP contribution in [-0.4, -0.2) is 14.9 Å². The van der Waals surface area contributed by atoms with Crippen molar-refractivity contribution in [2.24, 2.45) is 0 Å². The standard InChI is InChI=1S/C6H6F3N3O/c1-3-2-4(6(7,8)9)12(13)5(10)11-3/h2,10,13H,1H3. The van der Waals surface area contributed by atoms with Crippen molar-refractivity contribution in [1.29, 1.82) is 5.41 Å². The van der Waals surface area contributed by atoms with Crippen molar-refractivity contribution in [3.8, 4) is 0 Å². The van der Waals surface area contributed by atoms with Gasteiger partial charge in [-0.05, 0) is 13.0 Å². The minimum atomic E-state index is -4.68. The van der Waals surface area contributed by atoms with E-state index >= 15 is 0 Å². The molecule has 4 nitrogen and oxygen atoms in total. The molecule has 7 heteroatoms. The van der Waals surface area contributed by atoms with E-state index in [0.29, 0.717) is 6.07 Å². The highest BCUT2D eigenvalue weighted by atomic mass is 19.4. The lowest BCUT2D eigenvalue weighted by Crippen LogP contribution is -2.29. The van der Waals surface area contributed by atoms with Crippen LogP contribution < -0.4 is 5.62 Å². The number of hydrogen-bond donors (Lipinski definition) is 2. The summed E-state index contributed by atoms with van der Waals surface area (Å²) in [5, 5.41) is 15.7. The molecule has 72 valence electrons. The number of alkyl halides is 3. The molecule has 1 heterocycles. The van der Waals surface area contributed by atoms with Gasteiger partial charge in [0.15, 0.2) is 5.69 Å². The summed E-state index contributed by atoms with van der Waals surface area (Å²) in [6.45, 7) is 1.31. The molecule has 0 aliphatic rings. The Kier molecular flexibility index (Phi) is 2.02. The fourth-order valence-electron chi connectivity index (χ4n) is 0.822. The smallest absolute Gasteiger partial charge is 0.425 e. The van der Waals surface area contributed by atoms with Gasteiger partial charge in [0.2, 0.25) is 0 Å². The second-order valence-corrected chi connectivity index (χ2v) is 2.42. The first kappa shape index (κ1) is 9.56. The molecular weight excluding hydrogens is 187 g/mol. The lowest BCUT2D eigenvalue weighted by molar-refractivity contribution is -0.152. The topological polar surface area (TPSA) is 61.9 Å². The Morgan fingerprint density at radius 1 is 1.54 bits per heavy atom. The summed E-state index contributed by atoms with van der Waals surface area (Å²) in [5.74, 6) is 0. The van der Waals surface area contributed by atoms with Crippen LogP contribution in [-0.2, 0) is 6.18 Å². The van der Waals surface area contributed by atoms with Gasteiger partial charge in [0, 0.05) is 5.69 Å². The number of aromatic nitrogens is 2. The van der Waals surface area contributed by atoms with E-state index in [0.717, 1.165) is 0 Å². The predicted molar refractivity (Wildman–Crippen MR) is 35.0 cm³/mol. The molecule has 0 bridgehead atoms. The molecule has 0 unspecified atom stereocenters. The minimum absolute atomic E-state index is 0.0302. The molecule has 0 spiro atoms. The zero-order valence-electron chi connectivity index (χ0n) is 6.55. The van der Waals surface area contributed by atoms with Gasteiger partial charge >= 0.3 is 6.18 Å². The lowest BCUT2D eigenvalue weighted by atomic mass is 10.3. The van der Waals surface area contributed by atoms with E-state index in [1.54, 1.807) is 0 Å². The molecule has 0 amide bonds. The van der Waals surface area contributed by atoms with Gasteiger partial charge in [-0.15, -0.1) is 4.73 Å². The number of aryl methyl sites for hydroxylation is 1. The van der Waals surface area contributed by atoms with E-state index in [4.69, 9.17) is 10.6 Å². The molecule has 0 radical (unpaired) electrons. The van der Waals surface area contributed by atoms with E-state index in [-0.39, 0.29) is 10.4 Å². The molecule has 1 aromatic heterocycles. The van der Waals surface area contributed by atoms with E-state index in [9.17, 15) is 13.2 Å². The van der Waals surface area contributed by atoms with Gasteiger partial charge in [0.25, 0.3) is 5.62 Å². The highest BCUT2D eigenvalue weighted by Gasteiger charge is 2.35. The number of nitrogens with one attached hydrogen (secondary N) is 1. The summed E-state index contributed by atoms with van der Waals surface area (Å²) in [6, 6.07) is 0.665. The second-order valence-electron chi connectivity index (χ2n) is 2.42. The van der Waals surface area contributed by atoms with E-state index in [1.807, 2.05) is 0 Å². The first-order valence-electron chi connectivity index (χ1n) is 3.24. The summed E-state index contributed by atoms with van der Waals surface area (Å²) >= 11 is 0. The van der Waals surface area contributed by atoms with Crippen molar-refractivity contribution >= 4 is 0 Å². The number of hydrogen-bond acceptors (Lipinski definition) is 3. The van der Waals surface area contributed by atoms with Crippen molar-refractivity contribution in [3.05, 3.63) is 23.1 Å². The molecule has 1 rings (SSSR count). The van der Waals surface area contributed by atoms with Crippen molar-refractivity contribution in [2.75, 3.05) is 0 Å². The van der Waals surface area contributed by atoms with Crippen LogP contribution in [0.1, 0.15) is 11.4 Å². The van der Waals surface area contributed by atoms with Crippen molar-refractivity contribution in [1.82, 2.24) is 9.71 Å². The highest BCUT2D eigenvalue weighted by molar-refractivity contribution is 5.10. The summed E-state index contributed by atoms with van der Waals surface area (Å²) in [5.41, 5.74) is -2.11. The first-order chi connectivity index (χ1) is 5.82. The second kappa shape index (κ2) is 2.75. The number of halogens is 3. The van der Waals surface area contributed by atoms with Gasteiger partial charge in [-0.3, -0.25) is 5.41 Å². The van der Waals surface area contributed by atoms with Crippen LogP contribution in [0.3, 0.4) is 0 Å². The summed E-state index contributed by atoms with van der Waals surface area (Å²) < 4.78 is 36.1. The fourth-order valence-corrected chi connectivity index (χ4v) is 0.822. The van der Waals surface area contributed by atoms with Crippen molar-refractivity contribution in [3.63, 3.8) is 0 Å². The first-order valence-corrected chi connectivity index (χ1v) is 3.24. The Bertz CT molecular complexity index is 382. The van der Waals surface area contributed by atoms with Gasteiger partial charge in [-0.25, -0.2) is 4.98 Å². The molecule has 0 atom stereocenters. The van der Waals surface area contributed by atoms with Crippen molar-refractivity contribution in [2.45, 2.75) is 13.1 Å². The van der Waals surface area contributed by atoms with Crippen LogP contribution in [0.25, 0.3) is 0 Å². The molecule has 0 aromatic carbocycles. The third kappa shape index (κ3) is 1.79. The van der Waals surface area contributed by atoms with E-state index < -0.39 is 17.5 Å². The molecule has 0 saturated heterocycles. The maximum atomic E-state index is 12.1. The highest BCUT2D eigenvalue weighted by Crippen LogP contribution is 2.27. The molecular formula is C6H6F3N3O. The van der Waals surface area contributed by atoms with Gasteiger partial charge in [0.1, 0.15) is 0 Å². The Morgan fingerprint density at radius 3 is 2.54 bits per heavy atom. The van der Waals surface area contributed by atoms with Crippen LogP contribution in [0.15, 0.2) is 6.07 Å². The third-order valence-electron chi connectivity index (χ3n) is 1.35. The molecule has 0 aliphatic heterocycles. The Hall–Kier alpha value is -1.53. The molecule has 0 aliphatic carbocycles. The lowest BCUT2D eigenvalue weighted by Gasteiger charge is -2.10. The monoisotopic (exact) mass is 193 g/mol. The number of rotatable bonds is 0. The van der Waals surface area contributed by atoms with Crippen LogP contribution in [0.4, 0.5) is 13.2 Å².